The Hall–Kier alpha value is -4.60. The highest BCUT2D eigenvalue weighted by atomic mass is 16.5. The van der Waals surface area contributed by atoms with Crippen molar-refractivity contribution in [1.82, 2.24) is 10.9 Å². The van der Waals surface area contributed by atoms with Gasteiger partial charge in [0.15, 0.2) is 5.76 Å². The lowest BCUT2D eigenvalue weighted by Crippen LogP contribution is -2.41. The Morgan fingerprint density at radius 2 is 1.39 bits per heavy atom. The monoisotopic (exact) mass is 450 g/mol. The lowest BCUT2D eigenvalue weighted by atomic mass is 10.1. The molecule has 0 unspecified atom stereocenters. The number of nitrogens with one attached hydrogen (secondary N) is 4. The van der Waals surface area contributed by atoms with Crippen LogP contribution in [-0.2, 0) is 16.2 Å². The molecule has 0 aliphatic heterocycles. The molecule has 3 rings (SSSR count). The zero-order valence-electron chi connectivity index (χ0n) is 17.9. The van der Waals surface area contributed by atoms with E-state index >= 15 is 0 Å². The Bertz CT molecular complexity index is 1140. The lowest BCUT2D eigenvalue weighted by molar-refractivity contribution is -0.115. The van der Waals surface area contributed by atoms with Crippen LogP contribution in [0, 0.1) is 0 Å². The molecule has 2 aromatic carbocycles. The summed E-state index contributed by atoms with van der Waals surface area (Å²) >= 11 is 0. The molecular formula is C23H22N4O6. The molecule has 0 bridgehead atoms. The number of hydrogen-bond donors (Lipinski definition) is 4. The molecule has 4 N–H and O–H groups in total. The lowest BCUT2D eigenvalue weighted by Gasteiger charge is -2.11. The van der Waals surface area contributed by atoms with Gasteiger partial charge in [-0.15, -0.1) is 0 Å². The molecule has 10 nitrogen and oxygen atoms in total. The summed E-state index contributed by atoms with van der Waals surface area (Å²) in [4.78, 5) is 47.5. The summed E-state index contributed by atoms with van der Waals surface area (Å²) in [6.07, 6.45) is 0. The Morgan fingerprint density at radius 1 is 0.788 bits per heavy atom. The highest BCUT2D eigenvalue weighted by molar-refractivity contribution is 6.01. The number of hydrogen-bond acceptors (Lipinski definition) is 6. The molecule has 10 heteroatoms. The summed E-state index contributed by atoms with van der Waals surface area (Å²) in [5.41, 5.74) is 5.24. The minimum Gasteiger partial charge on any atom is -0.486 e. The van der Waals surface area contributed by atoms with Crippen LogP contribution in [0.5, 0.6) is 5.75 Å². The second-order valence-electron chi connectivity index (χ2n) is 6.94. The quantitative estimate of drug-likeness (QED) is 0.408. The molecule has 1 aromatic heterocycles. The average molecular weight is 450 g/mol. The molecular weight excluding hydrogens is 428 g/mol. The molecule has 33 heavy (non-hydrogen) atoms. The first-order chi connectivity index (χ1) is 15.8. The van der Waals surface area contributed by atoms with Crippen molar-refractivity contribution in [3.05, 3.63) is 77.7 Å². The van der Waals surface area contributed by atoms with Gasteiger partial charge < -0.3 is 19.8 Å². The van der Waals surface area contributed by atoms with Crippen molar-refractivity contribution in [2.75, 3.05) is 10.6 Å². The Labute approximate surface area is 189 Å². The number of hydrazine groups is 1. The fourth-order valence-electron chi connectivity index (χ4n) is 2.81. The highest BCUT2D eigenvalue weighted by Gasteiger charge is 2.15. The fraction of sp³-hybridized carbons (Fsp3) is 0.130. The summed E-state index contributed by atoms with van der Waals surface area (Å²) in [6, 6.07) is 16.5. The second kappa shape index (κ2) is 10.6. The zero-order valence-corrected chi connectivity index (χ0v) is 17.9. The van der Waals surface area contributed by atoms with E-state index in [1.807, 2.05) is 18.2 Å². The highest BCUT2D eigenvalue weighted by Crippen LogP contribution is 2.19. The molecule has 0 atom stereocenters. The van der Waals surface area contributed by atoms with Gasteiger partial charge in [0.1, 0.15) is 18.1 Å². The fourth-order valence-corrected chi connectivity index (χ4v) is 2.81. The van der Waals surface area contributed by atoms with Crippen molar-refractivity contribution in [3.8, 4) is 5.75 Å². The number of carbonyl (C=O) groups is 4. The van der Waals surface area contributed by atoms with Gasteiger partial charge in [-0.05, 0) is 42.5 Å². The average Bonchev–Trinajstić information content (AvgIpc) is 3.24. The summed E-state index contributed by atoms with van der Waals surface area (Å²) in [7, 11) is 0. The molecule has 170 valence electrons. The van der Waals surface area contributed by atoms with Crippen LogP contribution < -0.4 is 26.2 Å². The van der Waals surface area contributed by atoms with Gasteiger partial charge in [-0.1, -0.05) is 18.2 Å². The first-order valence-corrected chi connectivity index (χ1v) is 9.87. The molecule has 0 radical (unpaired) electrons. The molecule has 4 amide bonds. The van der Waals surface area contributed by atoms with Gasteiger partial charge in [-0.3, -0.25) is 30.0 Å². The van der Waals surface area contributed by atoms with E-state index in [-0.39, 0.29) is 29.7 Å². The zero-order chi connectivity index (χ0) is 23.8. The van der Waals surface area contributed by atoms with Gasteiger partial charge in [0.25, 0.3) is 5.91 Å². The van der Waals surface area contributed by atoms with E-state index in [0.29, 0.717) is 22.9 Å². The van der Waals surface area contributed by atoms with Gasteiger partial charge in [-0.25, -0.2) is 0 Å². The van der Waals surface area contributed by atoms with Crippen LogP contribution in [0.3, 0.4) is 0 Å². The normalized spacial score (nSPS) is 10.1. The van der Waals surface area contributed by atoms with Gasteiger partial charge in [0.05, 0.1) is 0 Å². The van der Waals surface area contributed by atoms with Crippen LogP contribution in [0.1, 0.15) is 40.5 Å². The summed E-state index contributed by atoms with van der Waals surface area (Å²) in [5, 5.41) is 5.09. The maximum absolute atomic E-state index is 12.5. The van der Waals surface area contributed by atoms with Crippen molar-refractivity contribution >= 4 is 35.0 Å². The standard InChI is InChI=1S/C23H22N4O6/c1-14(28)24-17-10-16(11-18(12-17)25-15(2)29)22(30)26-27-23(31)21-9-8-20(33-21)13-32-19-6-4-3-5-7-19/h3-12H,13H2,1-2H3,(H,24,28)(H,25,29)(H,26,30)(H,27,31). The molecule has 0 spiro atoms. The predicted molar refractivity (Wildman–Crippen MR) is 119 cm³/mol. The van der Waals surface area contributed by atoms with Crippen LogP contribution >= 0.6 is 0 Å². The van der Waals surface area contributed by atoms with Crippen LogP contribution in [0.25, 0.3) is 0 Å². The minimum atomic E-state index is -0.672. The third kappa shape index (κ3) is 6.96. The van der Waals surface area contributed by atoms with Crippen molar-refractivity contribution < 1.29 is 28.3 Å². The number of ether oxygens (including phenoxy) is 1. The maximum Gasteiger partial charge on any atom is 0.305 e. The third-order valence-corrected chi connectivity index (χ3v) is 4.14. The number of carbonyl (C=O) groups excluding carboxylic acids is 4. The van der Waals surface area contributed by atoms with Gasteiger partial charge in [-0.2, -0.15) is 0 Å². The number of furan rings is 1. The number of rotatable bonds is 7. The van der Waals surface area contributed by atoms with E-state index in [2.05, 4.69) is 21.5 Å². The summed E-state index contributed by atoms with van der Waals surface area (Å²) < 4.78 is 11.0. The minimum absolute atomic E-state index is 0.0205. The maximum atomic E-state index is 12.5. The molecule has 1 heterocycles. The molecule has 0 fully saturated rings. The van der Waals surface area contributed by atoms with Crippen LogP contribution in [-0.4, -0.2) is 23.6 Å². The van der Waals surface area contributed by atoms with Crippen LogP contribution in [0.4, 0.5) is 11.4 Å². The van der Waals surface area contributed by atoms with Crippen LogP contribution in [0.15, 0.2) is 65.1 Å². The SMILES string of the molecule is CC(=O)Nc1cc(NC(C)=O)cc(C(=O)NNC(=O)c2ccc(COc3ccccc3)o2)c1. The van der Waals surface area contributed by atoms with Crippen molar-refractivity contribution in [1.29, 1.82) is 0 Å². The van der Waals surface area contributed by atoms with Crippen molar-refractivity contribution in [2.24, 2.45) is 0 Å². The predicted octanol–water partition coefficient (Wildman–Crippen LogP) is 2.85. The Kier molecular flexibility index (Phi) is 7.43. The van der Waals surface area contributed by atoms with E-state index in [1.54, 1.807) is 18.2 Å². The second-order valence-corrected chi connectivity index (χ2v) is 6.94. The Balaban J connectivity index is 1.60. The van der Waals surface area contributed by atoms with Gasteiger partial charge >= 0.3 is 5.91 Å². The van der Waals surface area contributed by atoms with Gasteiger partial charge in [0, 0.05) is 30.8 Å². The molecule has 0 saturated heterocycles. The topological polar surface area (TPSA) is 139 Å². The number of para-hydroxylation sites is 1. The van der Waals surface area contributed by atoms with Crippen molar-refractivity contribution in [3.63, 3.8) is 0 Å². The van der Waals surface area contributed by atoms with E-state index in [1.165, 1.54) is 38.1 Å². The smallest absolute Gasteiger partial charge is 0.305 e. The number of anilines is 2. The van der Waals surface area contributed by atoms with Crippen LogP contribution in [0.2, 0.25) is 0 Å². The van der Waals surface area contributed by atoms with Crippen molar-refractivity contribution in [2.45, 2.75) is 20.5 Å². The summed E-state index contributed by atoms with van der Waals surface area (Å²) in [5.74, 6) is -0.965. The Morgan fingerprint density at radius 3 is 2.00 bits per heavy atom. The van der Waals surface area contributed by atoms with E-state index in [4.69, 9.17) is 9.15 Å². The largest absolute Gasteiger partial charge is 0.486 e. The van der Waals surface area contributed by atoms with E-state index in [9.17, 15) is 19.2 Å². The van der Waals surface area contributed by atoms with E-state index in [0.717, 1.165) is 0 Å². The first-order valence-electron chi connectivity index (χ1n) is 9.87. The summed E-state index contributed by atoms with van der Waals surface area (Å²) in [6.45, 7) is 2.76. The molecule has 0 saturated carbocycles. The third-order valence-electron chi connectivity index (χ3n) is 4.14. The van der Waals surface area contributed by atoms with E-state index < -0.39 is 11.8 Å². The van der Waals surface area contributed by atoms with Gasteiger partial charge in [0.2, 0.25) is 11.8 Å². The molecule has 3 aromatic rings. The molecule has 0 aliphatic carbocycles. The number of amides is 4. The molecule has 0 aliphatic rings. The first kappa shape index (κ1) is 23.1. The number of benzene rings is 2.